The van der Waals surface area contributed by atoms with Crippen molar-refractivity contribution in [3.05, 3.63) is 97.1 Å². The van der Waals surface area contributed by atoms with Gasteiger partial charge in [0.2, 0.25) is 0 Å². The molecular weight excluding hydrogens is 448 g/mol. The average molecular weight is 489 g/mol. The van der Waals surface area contributed by atoms with E-state index < -0.39 is 0 Å². The van der Waals surface area contributed by atoms with Crippen LogP contribution < -0.4 is 10.1 Å². The summed E-state index contributed by atoms with van der Waals surface area (Å²) in [7, 11) is 4.83. The second-order valence-electron chi connectivity index (χ2n) is 7.82. The van der Waals surface area contributed by atoms with Gasteiger partial charge in [0.1, 0.15) is 5.69 Å². The summed E-state index contributed by atoms with van der Waals surface area (Å²) in [4.78, 5) is 18.3. The van der Waals surface area contributed by atoms with Gasteiger partial charge in [-0.05, 0) is 31.4 Å². The molecule has 2 aromatic carbocycles. The molecule has 3 rings (SSSR count). The number of carbonyl (C=O) groups is 1. The monoisotopic (exact) mass is 488 g/mol. The second-order valence-corrected chi connectivity index (χ2v) is 7.82. The van der Waals surface area contributed by atoms with Gasteiger partial charge in [0.15, 0.2) is 5.75 Å². The van der Waals surface area contributed by atoms with Crippen molar-refractivity contribution in [1.29, 1.82) is 0 Å². The summed E-state index contributed by atoms with van der Waals surface area (Å²) in [6.07, 6.45) is 7.31. The Morgan fingerprint density at radius 2 is 1.61 bits per heavy atom. The average Bonchev–Trinajstić information content (AvgIpc) is 2.90. The highest BCUT2D eigenvalue weighted by molar-refractivity contribution is 6.10. The number of allylic oxidation sites excluding steroid dienone is 2. The van der Waals surface area contributed by atoms with E-state index >= 15 is 0 Å². The predicted molar refractivity (Wildman–Crippen MR) is 153 cm³/mol. The highest BCUT2D eigenvalue weighted by Crippen LogP contribution is 2.36. The molecular formula is C31H40N2O3. The van der Waals surface area contributed by atoms with Crippen molar-refractivity contribution in [1.82, 2.24) is 10.3 Å². The van der Waals surface area contributed by atoms with Crippen LogP contribution in [0.25, 0.3) is 22.2 Å². The van der Waals surface area contributed by atoms with Crippen LogP contribution in [0.3, 0.4) is 0 Å². The molecule has 0 aliphatic rings. The van der Waals surface area contributed by atoms with Gasteiger partial charge in [-0.2, -0.15) is 0 Å². The highest BCUT2D eigenvalue weighted by Gasteiger charge is 2.24. The molecule has 1 heterocycles. The number of rotatable bonds is 8. The van der Waals surface area contributed by atoms with E-state index in [0.29, 0.717) is 17.0 Å². The van der Waals surface area contributed by atoms with Gasteiger partial charge in [-0.15, -0.1) is 6.58 Å². The van der Waals surface area contributed by atoms with Crippen LogP contribution in [0.4, 0.5) is 0 Å². The number of methoxy groups -OCH3 is 2. The normalized spacial score (nSPS) is 11.2. The Morgan fingerprint density at radius 1 is 1.03 bits per heavy atom. The Kier molecular flexibility index (Phi) is 14.2. The molecule has 0 spiro atoms. The molecule has 0 radical (unpaired) electrons. The van der Waals surface area contributed by atoms with Crippen molar-refractivity contribution in [2.75, 3.05) is 21.3 Å². The first-order valence-corrected chi connectivity index (χ1v) is 12.1. The third-order valence-corrected chi connectivity index (χ3v) is 5.12. The molecule has 3 aromatic rings. The molecule has 0 aliphatic carbocycles. The largest absolute Gasteiger partial charge is 0.494 e. The van der Waals surface area contributed by atoms with Crippen LogP contribution in [0.1, 0.15) is 44.0 Å². The zero-order valence-corrected chi connectivity index (χ0v) is 22.5. The maximum absolute atomic E-state index is 13.5. The summed E-state index contributed by atoms with van der Waals surface area (Å²) in [5, 5.41) is 3.94. The third kappa shape index (κ3) is 8.21. The molecule has 1 atom stereocenters. The molecule has 1 unspecified atom stereocenters. The molecule has 192 valence electrons. The Hall–Kier alpha value is -3.70. The van der Waals surface area contributed by atoms with E-state index in [-0.39, 0.29) is 11.9 Å². The molecule has 0 bridgehead atoms. The molecule has 5 nitrogen and oxygen atoms in total. The lowest BCUT2D eigenvalue weighted by atomic mass is 9.99. The first kappa shape index (κ1) is 30.3. The number of nitrogens with zero attached hydrogens (tertiary/aromatic N) is 1. The van der Waals surface area contributed by atoms with E-state index in [2.05, 4.69) is 43.1 Å². The SMILES string of the molecule is C=C/C(=C\CC)C(CC)NC(=O)c1c(OC)c(-c2ccccc2)nc2ccccc12.C=CC.COC. The smallest absolute Gasteiger partial charge is 0.256 e. The minimum absolute atomic E-state index is 0.119. The molecule has 36 heavy (non-hydrogen) atoms. The summed E-state index contributed by atoms with van der Waals surface area (Å²) in [6.45, 7) is 13.3. The number of pyridine rings is 1. The molecule has 1 aromatic heterocycles. The van der Waals surface area contributed by atoms with Gasteiger partial charge < -0.3 is 14.8 Å². The molecule has 0 fully saturated rings. The van der Waals surface area contributed by atoms with Crippen molar-refractivity contribution >= 4 is 16.8 Å². The van der Waals surface area contributed by atoms with Gasteiger partial charge in [0.25, 0.3) is 5.91 Å². The number of aromatic nitrogens is 1. The third-order valence-electron chi connectivity index (χ3n) is 5.12. The van der Waals surface area contributed by atoms with E-state index in [1.54, 1.807) is 27.4 Å². The number of hydrogen-bond donors (Lipinski definition) is 1. The summed E-state index contributed by atoms with van der Waals surface area (Å²) in [5.41, 5.74) is 3.83. The zero-order chi connectivity index (χ0) is 26.9. The Bertz CT molecular complexity index is 1140. The minimum Gasteiger partial charge on any atom is -0.494 e. The minimum atomic E-state index is -0.182. The van der Waals surface area contributed by atoms with Crippen molar-refractivity contribution in [2.45, 2.75) is 39.7 Å². The Labute approximate surface area is 216 Å². The van der Waals surface area contributed by atoms with Crippen molar-refractivity contribution in [2.24, 2.45) is 0 Å². The van der Waals surface area contributed by atoms with E-state index in [1.165, 1.54) is 0 Å². The molecule has 0 saturated carbocycles. The van der Waals surface area contributed by atoms with Crippen LogP contribution in [0.15, 0.2) is 91.6 Å². The number of fused-ring (bicyclic) bond motifs is 1. The molecule has 0 aliphatic heterocycles. The standard InChI is InChI=1S/C26H28N2O2.C3H6.C2H6O/c1-5-13-18(6-2)21(7-3)28-26(29)23-20-16-11-12-17-22(20)27-24(25(23)30-4)19-14-9-8-10-15-19;2*1-3-2/h6,8-17,21H,2,5,7H2,1,3-4H3,(H,28,29);3H,1H2,2H3;1-2H3/b18-13+;;. The highest BCUT2D eigenvalue weighted by atomic mass is 16.5. The van der Waals surface area contributed by atoms with Gasteiger partial charge >= 0.3 is 0 Å². The maximum atomic E-state index is 13.5. The van der Waals surface area contributed by atoms with Gasteiger partial charge in [-0.1, -0.05) is 87.2 Å². The van der Waals surface area contributed by atoms with E-state index in [4.69, 9.17) is 9.72 Å². The number of ether oxygens (including phenoxy) is 2. The summed E-state index contributed by atoms with van der Waals surface area (Å²) in [6, 6.07) is 17.3. The fraction of sp³-hybridized carbons (Fsp3) is 0.290. The van der Waals surface area contributed by atoms with E-state index in [9.17, 15) is 4.79 Å². The van der Waals surface area contributed by atoms with Gasteiger partial charge in [-0.25, -0.2) is 4.98 Å². The predicted octanol–water partition coefficient (Wildman–Crippen LogP) is 7.40. The molecule has 0 saturated heterocycles. The van der Waals surface area contributed by atoms with Crippen LogP contribution >= 0.6 is 0 Å². The zero-order valence-electron chi connectivity index (χ0n) is 22.5. The Balaban J connectivity index is 0.000000982. The van der Waals surface area contributed by atoms with Crippen LogP contribution in [0.5, 0.6) is 5.75 Å². The second kappa shape index (κ2) is 16.8. The Morgan fingerprint density at radius 3 is 2.14 bits per heavy atom. The molecule has 1 amide bonds. The topological polar surface area (TPSA) is 60.5 Å². The van der Waals surface area contributed by atoms with Crippen LogP contribution in [-0.2, 0) is 4.74 Å². The van der Waals surface area contributed by atoms with Gasteiger partial charge in [0, 0.05) is 25.2 Å². The number of para-hydroxylation sites is 1. The summed E-state index contributed by atoms with van der Waals surface area (Å²) < 4.78 is 10.0. The fourth-order valence-corrected chi connectivity index (χ4v) is 3.67. The van der Waals surface area contributed by atoms with Crippen molar-refractivity contribution in [3.63, 3.8) is 0 Å². The number of hydrogen-bond acceptors (Lipinski definition) is 4. The number of benzene rings is 2. The molecule has 1 N–H and O–H groups in total. The number of carbonyl (C=O) groups excluding carboxylic acids is 1. The quantitative estimate of drug-likeness (QED) is 0.265. The van der Waals surface area contributed by atoms with Crippen molar-refractivity contribution in [3.8, 4) is 17.0 Å². The van der Waals surface area contributed by atoms with E-state index in [0.717, 1.165) is 34.9 Å². The fourth-order valence-electron chi connectivity index (χ4n) is 3.67. The first-order chi connectivity index (χ1) is 17.5. The maximum Gasteiger partial charge on any atom is 0.256 e. The number of nitrogens with one attached hydrogen (secondary N) is 1. The van der Waals surface area contributed by atoms with Crippen LogP contribution in [0, 0.1) is 0 Å². The van der Waals surface area contributed by atoms with Gasteiger partial charge in [0.05, 0.1) is 24.2 Å². The van der Waals surface area contributed by atoms with Gasteiger partial charge in [-0.3, -0.25) is 4.79 Å². The lowest BCUT2D eigenvalue weighted by Crippen LogP contribution is -2.36. The van der Waals surface area contributed by atoms with Crippen LogP contribution in [0.2, 0.25) is 0 Å². The number of amides is 1. The summed E-state index contributed by atoms with van der Waals surface area (Å²) in [5.74, 6) is 0.296. The van der Waals surface area contributed by atoms with E-state index in [1.807, 2.05) is 67.6 Å². The lowest BCUT2D eigenvalue weighted by molar-refractivity contribution is 0.0941. The van der Waals surface area contributed by atoms with Crippen LogP contribution in [-0.4, -0.2) is 38.3 Å². The lowest BCUT2D eigenvalue weighted by Gasteiger charge is -2.21. The summed E-state index contributed by atoms with van der Waals surface area (Å²) >= 11 is 0. The first-order valence-electron chi connectivity index (χ1n) is 12.1. The van der Waals surface area contributed by atoms with Crippen molar-refractivity contribution < 1.29 is 14.3 Å². The molecule has 5 heteroatoms.